The second-order valence-electron chi connectivity index (χ2n) is 4.63. The standard InChI is InChI=1S/C15H24N2/c1-2-3-4-5-6-7-8-13-9-11-14(12-10-13)15(16)17/h9-12H,2-8H2,1H3,(H3,16,17). The van der Waals surface area contributed by atoms with Gasteiger partial charge in [0.05, 0.1) is 0 Å². The highest BCUT2D eigenvalue weighted by Gasteiger charge is 1.97. The van der Waals surface area contributed by atoms with E-state index in [4.69, 9.17) is 11.1 Å². The molecule has 0 aliphatic heterocycles. The van der Waals surface area contributed by atoms with Crippen molar-refractivity contribution in [2.75, 3.05) is 0 Å². The highest BCUT2D eigenvalue weighted by atomic mass is 14.7. The van der Waals surface area contributed by atoms with E-state index in [0.29, 0.717) is 0 Å². The first-order valence-corrected chi connectivity index (χ1v) is 6.67. The second kappa shape index (κ2) is 7.88. The lowest BCUT2D eigenvalue weighted by atomic mass is 10.0. The Bertz CT molecular complexity index is 327. The maximum Gasteiger partial charge on any atom is 0.122 e. The Balaban J connectivity index is 2.21. The van der Waals surface area contributed by atoms with Gasteiger partial charge in [-0.1, -0.05) is 63.3 Å². The summed E-state index contributed by atoms with van der Waals surface area (Å²) in [5, 5.41) is 7.32. The van der Waals surface area contributed by atoms with Crippen LogP contribution in [0.3, 0.4) is 0 Å². The van der Waals surface area contributed by atoms with Crippen LogP contribution >= 0.6 is 0 Å². The predicted octanol–water partition coefficient (Wildman–Crippen LogP) is 3.87. The number of hydrogen-bond acceptors (Lipinski definition) is 1. The molecule has 0 saturated heterocycles. The van der Waals surface area contributed by atoms with Crippen LogP contribution < -0.4 is 5.73 Å². The summed E-state index contributed by atoms with van der Waals surface area (Å²) in [6.45, 7) is 2.25. The number of benzene rings is 1. The molecule has 94 valence electrons. The van der Waals surface area contributed by atoms with E-state index in [1.54, 1.807) is 0 Å². The highest BCUT2D eigenvalue weighted by Crippen LogP contribution is 2.10. The second-order valence-corrected chi connectivity index (χ2v) is 4.63. The number of rotatable bonds is 8. The lowest BCUT2D eigenvalue weighted by Crippen LogP contribution is -2.10. The molecule has 0 aliphatic carbocycles. The number of aryl methyl sites for hydroxylation is 1. The number of nitrogens with two attached hydrogens (primary N) is 1. The summed E-state index contributed by atoms with van der Waals surface area (Å²) in [6.07, 6.45) is 9.15. The summed E-state index contributed by atoms with van der Waals surface area (Å²) >= 11 is 0. The summed E-state index contributed by atoms with van der Waals surface area (Å²) in [6, 6.07) is 8.05. The van der Waals surface area contributed by atoms with Gasteiger partial charge in [-0.3, -0.25) is 5.41 Å². The van der Waals surface area contributed by atoms with Crippen LogP contribution in [0, 0.1) is 5.41 Å². The smallest absolute Gasteiger partial charge is 0.122 e. The van der Waals surface area contributed by atoms with Crippen LogP contribution in [0.1, 0.15) is 56.6 Å². The van der Waals surface area contributed by atoms with Crippen LogP contribution in [0.2, 0.25) is 0 Å². The fourth-order valence-electron chi connectivity index (χ4n) is 1.96. The first-order valence-electron chi connectivity index (χ1n) is 6.67. The van der Waals surface area contributed by atoms with Crippen LogP contribution in [0.15, 0.2) is 24.3 Å². The molecule has 0 spiro atoms. The molecular weight excluding hydrogens is 208 g/mol. The largest absolute Gasteiger partial charge is 0.384 e. The molecule has 17 heavy (non-hydrogen) atoms. The van der Waals surface area contributed by atoms with Crippen LogP contribution in [0.5, 0.6) is 0 Å². The molecule has 0 saturated carbocycles. The molecule has 0 bridgehead atoms. The average Bonchev–Trinajstić information content (AvgIpc) is 2.34. The van der Waals surface area contributed by atoms with Crippen LogP contribution in [-0.2, 0) is 6.42 Å². The normalized spacial score (nSPS) is 10.4. The summed E-state index contributed by atoms with van der Waals surface area (Å²) in [4.78, 5) is 0. The number of unbranched alkanes of at least 4 members (excludes halogenated alkanes) is 5. The number of nitrogens with one attached hydrogen (secondary N) is 1. The van der Waals surface area contributed by atoms with Crippen molar-refractivity contribution in [3.05, 3.63) is 35.4 Å². The molecule has 0 aromatic heterocycles. The zero-order valence-electron chi connectivity index (χ0n) is 10.8. The fraction of sp³-hybridized carbons (Fsp3) is 0.533. The monoisotopic (exact) mass is 232 g/mol. The van der Waals surface area contributed by atoms with Crippen molar-refractivity contribution < 1.29 is 0 Å². The van der Waals surface area contributed by atoms with E-state index in [0.717, 1.165) is 12.0 Å². The topological polar surface area (TPSA) is 49.9 Å². The number of hydrogen-bond donors (Lipinski definition) is 2. The average molecular weight is 232 g/mol. The molecule has 0 atom stereocenters. The van der Waals surface area contributed by atoms with E-state index in [9.17, 15) is 0 Å². The molecular formula is C15H24N2. The van der Waals surface area contributed by atoms with Gasteiger partial charge in [-0.25, -0.2) is 0 Å². The van der Waals surface area contributed by atoms with Gasteiger partial charge in [-0.05, 0) is 18.4 Å². The summed E-state index contributed by atoms with van der Waals surface area (Å²) in [5.41, 5.74) is 7.58. The van der Waals surface area contributed by atoms with Crippen LogP contribution in [0.4, 0.5) is 0 Å². The van der Waals surface area contributed by atoms with Crippen molar-refractivity contribution in [2.45, 2.75) is 51.9 Å². The summed E-state index contributed by atoms with van der Waals surface area (Å²) in [7, 11) is 0. The van der Waals surface area contributed by atoms with Gasteiger partial charge in [0.1, 0.15) is 5.84 Å². The van der Waals surface area contributed by atoms with Gasteiger partial charge < -0.3 is 5.73 Å². The number of amidine groups is 1. The van der Waals surface area contributed by atoms with Crippen molar-refractivity contribution >= 4 is 5.84 Å². The van der Waals surface area contributed by atoms with Gasteiger partial charge in [-0.2, -0.15) is 0 Å². The summed E-state index contributed by atoms with van der Waals surface area (Å²) < 4.78 is 0. The lowest BCUT2D eigenvalue weighted by Gasteiger charge is -2.03. The van der Waals surface area contributed by atoms with Crippen molar-refractivity contribution in [1.29, 1.82) is 5.41 Å². The van der Waals surface area contributed by atoms with Gasteiger partial charge >= 0.3 is 0 Å². The molecule has 2 heteroatoms. The molecule has 0 radical (unpaired) electrons. The van der Waals surface area contributed by atoms with E-state index < -0.39 is 0 Å². The van der Waals surface area contributed by atoms with Gasteiger partial charge in [0.25, 0.3) is 0 Å². The quantitative estimate of drug-likeness (QED) is 0.399. The Hall–Kier alpha value is -1.31. The molecule has 3 N–H and O–H groups in total. The van der Waals surface area contributed by atoms with Crippen molar-refractivity contribution in [3.8, 4) is 0 Å². The number of nitrogen functional groups attached to an aromatic ring is 1. The third-order valence-electron chi connectivity index (χ3n) is 3.08. The highest BCUT2D eigenvalue weighted by molar-refractivity contribution is 5.94. The maximum absolute atomic E-state index is 7.32. The van der Waals surface area contributed by atoms with E-state index in [-0.39, 0.29) is 5.84 Å². The van der Waals surface area contributed by atoms with Crippen LogP contribution in [-0.4, -0.2) is 5.84 Å². The molecule has 0 unspecified atom stereocenters. The molecule has 1 aromatic carbocycles. The van der Waals surface area contributed by atoms with E-state index in [1.807, 2.05) is 12.1 Å². The summed E-state index contributed by atoms with van der Waals surface area (Å²) in [5.74, 6) is 0.149. The molecule has 1 aromatic rings. The molecule has 1 rings (SSSR count). The van der Waals surface area contributed by atoms with Gasteiger partial charge in [-0.15, -0.1) is 0 Å². The molecule has 0 heterocycles. The Kier molecular flexibility index (Phi) is 6.38. The van der Waals surface area contributed by atoms with Crippen molar-refractivity contribution in [2.24, 2.45) is 5.73 Å². The van der Waals surface area contributed by atoms with Gasteiger partial charge in [0.2, 0.25) is 0 Å². The Morgan fingerprint density at radius 1 is 1.00 bits per heavy atom. The van der Waals surface area contributed by atoms with Crippen molar-refractivity contribution in [1.82, 2.24) is 0 Å². The van der Waals surface area contributed by atoms with E-state index in [1.165, 1.54) is 44.1 Å². The maximum atomic E-state index is 7.32. The minimum Gasteiger partial charge on any atom is -0.384 e. The van der Waals surface area contributed by atoms with E-state index in [2.05, 4.69) is 19.1 Å². The first-order chi connectivity index (χ1) is 8.24. The molecule has 0 fully saturated rings. The first kappa shape index (κ1) is 13.8. The minimum atomic E-state index is 0.149. The van der Waals surface area contributed by atoms with Gasteiger partial charge in [0, 0.05) is 5.56 Å². The molecule has 0 aliphatic rings. The Morgan fingerprint density at radius 3 is 2.18 bits per heavy atom. The Labute approximate surface area is 105 Å². The van der Waals surface area contributed by atoms with Crippen molar-refractivity contribution in [3.63, 3.8) is 0 Å². The predicted molar refractivity (Wildman–Crippen MR) is 74.5 cm³/mol. The zero-order valence-corrected chi connectivity index (χ0v) is 10.8. The molecule has 0 amide bonds. The lowest BCUT2D eigenvalue weighted by molar-refractivity contribution is 0.607. The Morgan fingerprint density at radius 2 is 1.59 bits per heavy atom. The molecule has 2 nitrogen and oxygen atoms in total. The van der Waals surface area contributed by atoms with Gasteiger partial charge in [0.15, 0.2) is 0 Å². The van der Waals surface area contributed by atoms with E-state index >= 15 is 0 Å². The zero-order chi connectivity index (χ0) is 12.5. The third-order valence-corrected chi connectivity index (χ3v) is 3.08. The minimum absolute atomic E-state index is 0.149. The van der Waals surface area contributed by atoms with Crippen LogP contribution in [0.25, 0.3) is 0 Å². The third kappa shape index (κ3) is 5.53. The SMILES string of the molecule is CCCCCCCCc1ccc(C(=N)N)cc1. The fourth-order valence-corrected chi connectivity index (χ4v) is 1.96.